The standard InChI is InChI=1S/C18H25ClN2O3/c1-3-18(4-2,17(23)24)11-16(22)20-14-8-9-21(12-14)15-7-5-6-13(19)10-15/h5-7,10,14H,3-4,8-9,11-12H2,1-2H3,(H,20,22)(H,23,24). The molecule has 0 bridgehead atoms. The van der Waals surface area contributed by atoms with E-state index in [1.165, 1.54) is 0 Å². The molecule has 1 heterocycles. The van der Waals surface area contributed by atoms with Gasteiger partial charge in [0.2, 0.25) is 5.91 Å². The van der Waals surface area contributed by atoms with E-state index in [4.69, 9.17) is 11.6 Å². The fourth-order valence-corrected chi connectivity index (χ4v) is 3.43. The van der Waals surface area contributed by atoms with Crippen LogP contribution in [0.2, 0.25) is 5.02 Å². The minimum Gasteiger partial charge on any atom is -0.481 e. The molecule has 2 rings (SSSR count). The molecule has 0 radical (unpaired) electrons. The Morgan fingerprint density at radius 1 is 1.38 bits per heavy atom. The molecule has 1 aromatic carbocycles. The normalized spacial score (nSPS) is 17.8. The summed E-state index contributed by atoms with van der Waals surface area (Å²) in [7, 11) is 0. The largest absolute Gasteiger partial charge is 0.481 e. The zero-order valence-corrected chi connectivity index (χ0v) is 15.0. The van der Waals surface area contributed by atoms with Crippen LogP contribution in [-0.2, 0) is 9.59 Å². The number of hydrogen-bond acceptors (Lipinski definition) is 3. The third-order valence-corrected chi connectivity index (χ3v) is 5.27. The van der Waals surface area contributed by atoms with Crippen LogP contribution in [0.1, 0.15) is 39.5 Å². The quantitative estimate of drug-likeness (QED) is 0.789. The van der Waals surface area contributed by atoms with Crippen molar-refractivity contribution in [2.75, 3.05) is 18.0 Å². The van der Waals surface area contributed by atoms with Crippen molar-refractivity contribution in [2.45, 2.75) is 45.6 Å². The number of carbonyl (C=O) groups excluding carboxylic acids is 1. The van der Waals surface area contributed by atoms with E-state index in [0.29, 0.717) is 24.4 Å². The number of carboxylic acids is 1. The zero-order chi connectivity index (χ0) is 17.7. The van der Waals surface area contributed by atoms with Gasteiger partial charge in [0.15, 0.2) is 0 Å². The van der Waals surface area contributed by atoms with Gasteiger partial charge in [-0.15, -0.1) is 0 Å². The molecule has 2 N–H and O–H groups in total. The maximum atomic E-state index is 12.3. The first kappa shape index (κ1) is 18.6. The maximum Gasteiger partial charge on any atom is 0.310 e. The van der Waals surface area contributed by atoms with Crippen LogP contribution in [0, 0.1) is 5.41 Å². The lowest BCUT2D eigenvalue weighted by Crippen LogP contribution is -2.42. The van der Waals surface area contributed by atoms with E-state index in [2.05, 4.69) is 10.2 Å². The molecular weight excluding hydrogens is 328 g/mol. The van der Waals surface area contributed by atoms with Crippen LogP contribution >= 0.6 is 11.6 Å². The van der Waals surface area contributed by atoms with Crippen LogP contribution in [0.4, 0.5) is 5.69 Å². The van der Waals surface area contributed by atoms with E-state index in [0.717, 1.165) is 18.7 Å². The number of anilines is 1. The molecule has 1 atom stereocenters. The molecule has 0 saturated carbocycles. The minimum absolute atomic E-state index is 0.0308. The molecule has 132 valence electrons. The summed E-state index contributed by atoms with van der Waals surface area (Å²) in [6, 6.07) is 7.70. The molecule has 1 aliphatic rings. The highest BCUT2D eigenvalue weighted by molar-refractivity contribution is 6.30. The number of aliphatic carboxylic acids is 1. The van der Waals surface area contributed by atoms with Crippen molar-refractivity contribution >= 4 is 29.2 Å². The van der Waals surface area contributed by atoms with Crippen molar-refractivity contribution in [1.29, 1.82) is 0 Å². The van der Waals surface area contributed by atoms with Crippen molar-refractivity contribution in [2.24, 2.45) is 5.41 Å². The number of hydrogen-bond donors (Lipinski definition) is 2. The van der Waals surface area contributed by atoms with Gasteiger partial charge in [0, 0.05) is 36.3 Å². The van der Waals surface area contributed by atoms with Gasteiger partial charge in [0.1, 0.15) is 0 Å². The third kappa shape index (κ3) is 4.20. The number of halogens is 1. The van der Waals surface area contributed by atoms with Crippen LogP contribution in [-0.4, -0.2) is 36.1 Å². The van der Waals surface area contributed by atoms with Crippen LogP contribution in [0.25, 0.3) is 0 Å². The number of carbonyl (C=O) groups is 2. The molecule has 1 unspecified atom stereocenters. The highest BCUT2D eigenvalue weighted by Gasteiger charge is 2.37. The summed E-state index contributed by atoms with van der Waals surface area (Å²) in [4.78, 5) is 26.0. The fourth-order valence-electron chi connectivity index (χ4n) is 3.25. The Kier molecular flexibility index (Phi) is 6.10. The molecule has 1 aliphatic heterocycles. The number of nitrogens with one attached hydrogen (secondary N) is 1. The summed E-state index contributed by atoms with van der Waals surface area (Å²) < 4.78 is 0. The molecule has 0 spiro atoms. The van der Waals surface area contributed by atoms with Crippen molar-refractivity contribution < 1.29 is 14.7 Å². The van der Waals surface area contributed by atoms with Crippen molar-refractivity contribution in [3.8, 4) is 0 Å². The van der Waals surface area contributed by atoms with Crippen LogP contribution in [0.15, 0.2) is 24.3 Å². The van der Waals surface area contributed by atoms with E-state index in [1.807, 2.05) is 38.1 Å². The van der Waals surface area contributed by atoms with E-state index in [9.17, 15) is 14.7 Å². The lowest BCUT2D eigenvalue weighted by atomic mass is 9.79. The molecule has 24 heavy (non-hydrogen) atoms. The number of rotatable bonds is 7. The van der Waals surface area contributed by atoms with Gasteiger partial charge in [-0.2, -0.15) is 0 Å². The fraction of sp³-hybridized carbons (Fsp3) is 0.556. The Bertz CT molecular complexity index is 602. The predicted molar refractivity (Wildman–Crippen MR) is 95.5 cm³/mol. The predicted octanol–water partition coefficient (Wildman–Crippen LogP) is 3.32. The van der Waals surface area contributed by atoms with E-state index < -0.39 is 11.4 Å². The smallest absolute Gasteiger partial charge is 0.310 e. The average Bonchev–Trinajstić information content (AvgIpc) is 3.00. The third-order valence-electron chi connectivity index (χ3n) is 5.03. The summed E-state index contributed by atoms with van der Waals surface area (Å²) in [5.74, 6) is -1.08. The maximum absolute atomic E-state index is 12.3. The summed E-state index contributed by atoms with van der Waals surface area (Å²) >= 11 is 6.03. The lowest BCUT2D eigenvalue weighted by molar-refractivity contribution is -0.152. The van der Waals surface area contributed by atoms with Gasteiger partial charge < -0.3 is 15.3 Å². The number of benzene rings is 1. The number of carboxylic acid groups (broad SMARTS) is 1. The summed E-state index contributed by atoms with van der Waals surface area (Å²) in [5.41, 5.74) is 0.0799. The van der Waals surface area contributed by atoms with E-state index in [-0.39, 0.29) is 18.4 Å². The molecule has 0 aliphatic carbocycles. The Labute approximate surface area is 148 Å². The van der Waals surface area contributed by atoms with Crippen LogP contribution in [0.5, 0.6) is 0 Å². The van der Waals surface area contributed by atoms with Gasteiger partial charge in [-0.25, -0.2) is 0 Å². The first-order chi connectivity index (χ1) is 11.4. The first-order valence-electron chi connectivity index (χ1n) is 8.43. The highest BCUT2D eigenvalue weighted by Crippen LogP contribution is 2.31. The van der Waals surface area contributed by atoms with Crippen LogP contribution in [0.3, 0.4) is 0 Å². The van der Waals surface area contributed by atoms with Gasteiger partial charge in [-0.3, -0.25) is 9.59 Å². The number of amides is 1. The minimum atomic E-state index is -0.963. The van der Waals surface area contributed by atoms with Crippen molar-refractivity contribution in [1.82, 2.24) is 5.32 Å². The lowest BCUT2D eigenvalue weighted by Gasteiger charge is -2.26. The second kappa shape index (κ2) is 7.88. The molecule has 1 saturated heterocycles. The average molecular weight is 353 g/mol. The van der Waals surface area contributed by atoms with E-state index in [1.54, 1.807) is 0 Å². The Balaban J connectivity index is 1.93. The van der Waals surface area contributed by atoms with Crippen molar-refractivity contribution in [3.05, 3.63) is 29.3 Å². The molecular formula is C18H25ClN2O3. The molecule has 5 nitrogen and oxygen atoms in total. The van der Waals surface area contributed by atoms with Gasteiger partial charge in [0.05, 0.1) is 5.41 Å². The Morgan fingerprint density at radius 3 is 2.67 bits per heavy atom. The Hall–Kier alpha value is -1.75. The first-order valence-corrected chi connectivity index (χ1v) is 8.81. The molecule has 1 fully saturated rings. The zero-order valence-electron chi connectivity index (χ0n) is 14.2. The van der Waals surface area contributed by atoms with Gasteiger partial charge in [-0.05, 0) is 37.5 Å². The van der Waals surface area contributed by atoms with Gasteiger partial charge >= 0.3 is 5.97 Å². The second-order valence-electron chi connectivity index (χ2n) is 6.45. The highest BCUT2D eigenvalue weighted by atomic mass is 35.5. The second-order valence-corrected chi connectivity index (χ2v) is 6.88. The monoisotopic (exact) mass is 352 g/mol. The Morgan fingerprint density at radius 2 is 2.08 bits per heavy atom. The summed E-state index contributed by atoms with van der Waals surface area (Å²) in [5, 5.41) is 13.1. The number of nitrogens with zero attached hydrogens (tertiary/aromatic N) is 1. The topological polar surface area (TPSA) is 69.6 Å². The molecule has 1 amide bonds. The summed E-state index contributed by atoms with van der Waals surface area (Å²) in [6.45, 7) is 5.20. The van der Waals surface area contributed by atoms with E-state index >= 15 is 0 Å². The summed E-state index contributed by atoms with van der Waals surface area (Å²) in [6.07, 6.45) is 1.77. The van der Waals surface area contributed by atoms with Gasteiger partial charge in [0.25, 0.3) is 0 Å². The molecule has 6 heteroatoms. The molecule has 1 aromatic rings. The van der Waals surface area contributed by atoms with Gasteiger partial charge in [-0.1, -0.05) is 31.5 Å². The van der Waals surface area contributed by atoms with Crippen LogP contribution < -0.4 is 10.2 Å². The molecule has 0 aromatic heterocycles. The SMILES string of the molecule is CCC(CC)(CC(=O)NC1CCN(c2cccc(Cl)c2)C1)C(=O)O. The van der Waals surface area contributed by atoms with Crippen molar-refractivity contribution in [3.63, 3.8) is 0 Å².